The highest BCUT2D eigenvalue weighted by molar-refractivity contribution is 7.80. The number of nitrogens with one attached hydrogen (secondary N) is 3. The van der Waals surface area contributed by atoms with Crippen LogP contribution in [0.1, 0.15) is 21.6 Å². The fourth-order valence-corrected chi connectivity index (χ4v) is 3.18. The first-order valence-electron chi connectivity index (χ1n) is 8.81. The quantitative estimate of drug-likeness (QED) is 0.365. The van der Waals surface area contributed by atoms with E-state index < -0.39 is 17.6 Å². The third kappa shape index (κ3) is 6.43. The summed E-state index contributed by atoms with van der Waals surface area (Å²) in [7, 11) is 0. The second kappa shape index (κ2) is 9.79. The van der Waals surface area contributed by atoms with E-state index in [4.69, 9.17) is 12.2 Å². The van der Waals surface area contributed by atoms with E-state index in [1.54, 1.807) is 24.3 Å². The lowest BCUT2D eigenvalue weighted by atomic mass is 10.1. The largest absolute Gasteiger partial charge is 0.416 e. The maximum Gasteiger partial charge on any atom is 0.416 e. The average molecular weight is 469 g/mol. The summed E-state index contributed by atoms with van der Waals surface area (Å²) in [6.07, 6.45) is -4.51. The van der Waals surface area contributed by atoms with Crippen LogP contribution in [0.25, 0.3) is 0 Å². The van der Waals surface area contributed by atoms with Gasteiger partial charge in [-0.05, 0) is 78.2 Å². The molecule has 0 aliphatic heterocycles. The van der Waals surface area contributed by atoms with Crippen molar-refractivity contribution in [1.29, 1.82) is 0 Å². The Morgan fingerprint density at radius 2 is 1.74 bits per heavy atom. The first kappa shape index (κ1) is 22.6. The first-order chi connectivity index (χ1) is 14.7. The van der Waals surface area contributed by atoms with Crippen LogP contribution >= 0.6 is 23.8 Å². The Balaban J connectivity index is 1.48. The number of aromatic nitrogens is 2. The Bertz CT molecular complexity index is 1060. The lowest BCUT2D eigenvalue weighted by molar-refractivity contribution is -0.137. The van der Waals surface area contributed by atoms with Crippen molar-refractivity contribution < 1.29 is 22.4 Å². The smallest absolute Gasteiger partial charge is 0.362 e. The van der Waals surface area contributed by atoms with Gasteiger partial charge in [-0.15, -0.1) is 5.10 Å². The molecule has 0 radical (unpaired) electrons. The minimum atomic E-state index is -4.53. The van der Waals surface area contributed by atoms with Gasteiger partial charge in [0.25, 0.3) is 5.91 Å². The minimum Gasteiger partial charge on any atom is -0.362 e. The van der Waals surface area contributed by atoms with Crippen LogP contribution in [0.4, 0.5) is 28.9 Å². The van der Waals surface area contributed by atoms with Gasteiger partial charge in [-0.2, -0.15) is 13.2 Å². The highest BCUT2D eigenvalue weighted by atomic mass is 32.1. The van der Waals surface area contributed by atoms with Crippen LogP contribution < -0.4 is 16.0 Å². The third-order valence-electron chi connectivity index (χ3n) is 4.05. The second-order valence-electron chi connectivity index (χ2n) is 6.26. The summed E-state index contributed by atoms with van der Waals surface area (Å²) in [6.45, 7) is 0.139. The predicted molar refractivity (Wildman–Crippen MR) is 114 cm³/mol. The van der Waals surface area contributed by atoms with Crippen LogP contribution in [0, 0.1) is 5.82 Å². The molecule has 1 aromatic heterocycles. The van der Waals surface area contributed by atoms with Crippen LogP contribution in [-0.2, 0) is 12.6 Å². The van der Waals surface area contributed by atoms with Gasteiger partial charge in [0, 0.05) is 23.3 Å². The number of anilines is 2. The molecule has 0 aliphatic rings. The van der Waals surface area contributed by atoms with Crippen molar-refractivity contribution in [1.82, 2.24) is 14.9 Å². The summed E-state index contributed by atoms with van der Waals surface area (Å²) in [5.41, 5.74) is 0.427. The molecule has 31 heavy (non-hydrogen) atoms. The van der Waals surface area contributed by atoms with Gasteiger partial charge in [0.2, 0.25) is 0 Å². The van der Waals surface area contributed by atoms with Crippen molar-refractivity contribution in [3.63, 3.8) is 0 Å². The van der Waals surface area contributed by atoms with Crippen molar-refractivity contribution in [2.45, 2.75) is 12.6 Å². The van der Waals surface area contributed by atoms with E-state index in [-0.39, 0.29) is 35.2 Å². The average Bonchev–Trinajstić information content (AvgIpc) is 3.25. The zero-order valence-corrected chi connectivity index (χ0v) is 17.3. The molecule has 1 amide bonds. The van der Waals surface area contributed by atoms with Gasteiger partial charge in [-0.1, -0.05) is 4.49 Å². The standard InChI is InChI=1S/C19H15F4N5OS2/c20-15-6-1-12(19(21,22)23)9-11(15)7-8-24-18(30)26-14-4-2-13(3-5-14)25-17(29)16-10-31-28-27-16/h1-6,9-10H,7-8H2,(H,25,29)(H2,24,26,30). The summed E-state index contributed by atoms with van der Waals surface area (Å²) in [5, 5.41) is 13.8. The molecule has 3 aromatic rings. The van der Waals surface area contributed by atoms with Crippen LogP contribution in [0.3, 0.4) is 0 Å². The molecule has 0 atom stereocenters. The van der Waals surface area contributed by atoms with E-state index in [2.05, 4.69) is 25.5 Å². The zero-order chi connectivity index (χ0) is 22.4. The van der Waals surface area contributed by atoms with Crippen molar-refractivity contribution in [3.05, 3.63) is 70.5 Å². The summed E-state index contributed by atoms with van der Waals surface area (Å²) in [4.78, 5) is 11.9. The molecule has 2 aromatic carbocycles. The van der Waals surface area contributed by atoms with Crippen molar-refractivity contribution in [3.8, 4) is 0 Å². The van der Waals surface area contributed by atoms with Crippen LogP contribution in [0.2, 0.25) is 0 Å². The minimum absolute atomic E-state index is 0.0218. The number of alkyl halides is 3. The molecule has 0 bridgehead atoms. The van der Waals surface area contributed by atoms with Gasteiger partial charge < -0.3 is 16.0 Å². The molecule has 3 N–H and O–H groups in total. The number of nitrogens with zero attached hydrogens (tertiary/aromatic N) is 2. The highest BCUT2D eigenvalue weighted by Gasteiger charge is 2.30. The summed E-state index contributed by atoms with van der Waals surface area (Å²) in [5.74, 6) is -1.09. The first-order valence-corrected chi connectivity index (χ1v) is 10.1. The molecule has 6 nitrogen and oxygen atoms in total. The molecular weight excluding hydrogens is 454 g/mol. The van der Waals surface area contributed by atoms with E-state index >= 15 is 0 Å². The SMILES string of the molecule is O=C(Nc1ccc(NC(=S)NCCc2cc(C(F)(F)F)ccc2F)cc1)c1csnn1. The van der Waals surface area contributed by atoms with Crippen LogP contribution in [-0.4, -0.2) is 27.2 Å². The molecule has 3 rings (SSSR count). The number of hydrogen-bond acceptors (Lipinski definition) is 5. The highest BCUT2D eigenvalue weighted by Crippen LogP contribution is 2.30. The third-order valence-corrected chi connectivity index (χ3v) is 4.80. The fraction of sp³-hybridized carbons (Fsp3) is 0.158. The Morgan fingerprint density at radius 1 is 1.06 bits per heavy atom. The Labute approximate surface area is 183 Å². The van der Waals surface area contributed by atoms with Crippen molar-refractivity contribution in [2.75, 3.05) is 17.2 Å². The van der Waals surface area contributed by atoms with Gasteiger partial charge in [-0.25, -0.2) is 4.39 Å². The van der Waals surface area contributed by atoms with Crippen LogP contribution in [0.5, 0.6) is 0 Å². The van der Waals surface area contributed by atoms with Crippen molar-refractivity contribution >= 4 is 46.1 Å². The van der Waals surface area contributed by atoms with E-state index in [9.17, 15) is 22.4 Å². The number of carbonyl (C=O) groups excluding carboxylic acids is 1. The Kier molecular flexibility index (Phi) is 7.13. The topological polar surface area (TPSA) is 78.9 Å². The van der Waals surface area contributed by atoms with Gasteiger partial charge in [-0.3, -0.25) is 4.79 Å². The zero-order valence-electron chi connectivity index (χ0n) is 15.7. The predicted octanol–water partition coefficient (Wildman–Crippen LogP) is 4.48. The second-order valence-corrected chi connectivity index (χ2v) is 7.27. The molecule has 0 aliphatic carbocycles. The molecule has 12 heteroatoms. The lowest BCUT2D eigenvalue weighted by Crippen LogP contribution is -2.30. The molecule has 0 spiro atoms. The molecule has 1 heterocycles. The molecular formula is C19H15F4N5OS2. The van der Waals surface area contributed by atoms with Gasteiger partial charge >= 0.3 is 6.18 Å². The van der Waals surface area contributed by atoms with Gasteiger partial charge in [0.1, 0.15) is 5.82 Å². The van der Waals surface area contributed by atoms with E-state index in [0.717, 1.165) is 23.7 Å². The number of hydrogen-bond donors (Lipinski definition) is 3. The van der Waals surface area contributed by atoms with Gasteiger partial charge in [0.15, 0.2) is 10.8 Å². The fourth-order valence-electron chi connectivity index (χ4n) is 2.52. The Hall–Kier alpha value is -3.12. The maximum absolute atomic E-state index is 13.8. The normalized spacial score (nSPS) is 11.1. The van der Waals surface area contributed by atoms with E-state index in [0.29, 0.717) is 17.4 Å². The van der Waals surface area contributed by atoms with Gasteiger partial charge in [0.05, 0.1) is 5.56 Å². The van der Waals surface area contributed by atoms with E-state index in [1.807, 2.05) is 0 Å². The molecule has 162 valence electrons. The lowest BCUT2D eigenvalue weighted by Gasteiger charge is -2.13. The molecule has 0 saturated heterocycles. The molecule has 0 unspecified atom stereocenters. The number of thiocarbonyl (C=S) groups is 1. The number of halogens is 4. The van der Waals surface area contributed by atoms with E-state index in [1.165, 1.54) is 5.38 Å². The molecule has 0 fully saturated rings. The number of amides is 1. The van der Waals surface area contributed by atoms with Crippen molar-refractivity contribution in [2.24, 2.45) is 0 Å². The number of rotatable bonds is 6. The number of carbonyl (C=O) groups is 1. The maximum atomic E-state index is 13.8. The summed E-state index contributed by atoms with van der Waals surface area (Å²) < 4.78 is 55.7. The summed E-state index contributed by atoms with van der Waals surface area (Å²) >= 11 is 6.22. The summed E-state index contributed by atoms with van der Waals surface area (Å²) in [6, 6.07) is 8.96. The Morgan fingerprint density at radius 3 is 2.35 bits per heavy atom. The molecule has 0 saturated carbocycles. The monoisotopic (exact) mass is 469 g/mol. The number of benzene rings is 2. The van der Waals surface area contributed by atoms with Crippen LogP contribution in [0.15, 0.2) is 47.8 Å².